The molecule has 1 atom stereocenters. The van der Waals surface area contributed by atoms with E-state index in [4.69, 9.17) is 20.9 Å². The van der Waals surface area contributed by atoms with Gasteiger partial charge in [-0.05, 0) is 46.4 Å². The van der Waals surface area contributed by atoms with Gasteiger partial charge in [0.2, 0.25) is 0 Å². The molecule has 16 heavy (non-hydrogen) atoms. The van der Waals surface area contributed by atoms with Gasteiger partial charge in [0, 0.05) is 25.3 Å². The molecule has 0 fully saturated rings. The van der Waals surface area contributed by atoms with E-state index in [0.717, 1.165) is 6.54 Å². The van der Waals surface area contributed by atoms with Gasteiger partial charge in [-0.1, -0.05) is 0 Å². The van der Waals surface area contributed by atoms with Gasteiger partial charge in [0.15, 0.2) is 6.49 Å². The van der Waals surface area contributed by atoms with Gasteiger partial charge >= 0.3 is 0 Å². The van der Waals surface area contributed by atoms with E-state index in [9.17, 15) is 0 Å². The van der Waals surface area contributed by atoms with Gasteiger partial charge < -0.3 is 9.05 Å². The molecule has 0 aliphatic heterocycles. The second-order valence-corrected chi connectivity index (χ2v) is 8.50. The molecule has 0 saturated heterocycles. The Balaban J connectivity index is 4.00. The van der Waals surface area contributed by atoms with Crippen molar-refractivity contribution in [2.75, 3.05) is 26.4 Å². The summed E-state index contributed by atoms with van der Waals surface area (Å²) in [6, 6.07) is 1.07. The zero-order valence-corrected chi connectivity index (χ0v) is 13.1. The third-order valence-electron chi connectivity index (χ3n) is 2.37. The zero-order valence-electron chi connectivity index (χ0n) is 11.4. The Morgan fingerprint density at radius 1 is 1.12 bits per heavy atom. The molecule has 0 aromatic carbocycles. The fraction of sp³-hybridized carbons (Fsp3) is 1.00. The standard InChI is InChI=1S/C11H26NO2PS/c1-7-13-15(6,16)14-9-8-12(10(2)3)11(4)5/h10-11H,7-9H2,1-6H3. The molecule has 0 aromatic rings. The first-order valence-corrected chi connectivity index (χ1v) is 9.01. The lowest BCUT2D eigenvalue weighted by atomic mass is 10.2. The molecular formula is C11H26NO2PS. The van der Waals surface area contributed by atoms with E-state index in [0.29, 0.717) is 25.3 Å². The highest BCUT2D eigenvalue weighted by Crippen LogP contribution is 2.43. The van der Waals surface area contributed by atoms with Crippen molar-refractivity contribution in [3.8, 4) is 0 Å². The summed E-state index contributed by atoms with van der Waals surface area (Å²) in [4.78, 5) is 2.39. The van der Waals surface area contributed by atoms with Crippen molar-refractivity contribution in [1.29, 1.82) is 0 Å². The maximum absolute atomic E-state index is 5.66. The summed E-state index contributed by atoms with van der Waals surface area (Å²) in [6.45, 7) is 12.8. The monoisotopic (exact) mass is 267 g/mol. The van der Waals surface area contributed by atoms with E-state index in [1.165, 1.54) is 0 Å². The van der Waals surface area contributed by atoms with Crippen LogP contribution in [0.2, 0.25) is 0 Å². The first-order valence-electron chi connectivity index (χ1n) is 5.92. The van der Waals surface area contributed by atoms with Crippen LogP contribution in [0.4, 0.5) is 0 Å². The van der Waals surface area contributed by atoms with Gasteiger partial charge in [-0.2, -0.15) is 0 Å². The van der Waals surface area contributed by atoms with Crippen LogP contribution < -0.4 is 0 Å². The van der Waals surface area contributed by atoms with Crippen molar-refractivity contribution in [1.82, 2.24) is 4.90 Å². The lowest BCUT2D eigenvalue weighted by Crippen LogP contribution is -2.39. The largest absolute Gasteiger partial charge is 0.330 e. The summed E-state index contributed by atoms with van der Waals surface area (Å²) >= 11 is 5.27. The average Bonchev–Trinajstić information content (AvgIpc) is 2.10. The van der Waals surface area contributed by atoms with Crippen LogP contribution in [0.3, 0.4) is 0 Å². The third kappa shape index (κ3) is 6.97. The van der Waals surface area contributed by atoms with E-state index in [-0.39, 0.29) is 0 Å². The Morgan fingerprint density at radius 2 is 1.62 bits per heavy atom. The van der Waals surface area contributed by atoms with Crippen LogP contribution in [0.1, 0.15) is 34.6 Å². The predicted molar refractivity (Wildman–Crippen MR) is 74.8 cm³/mol. The molecule has 98 valence electrons. The van der Waals surface area contributed by atoms with Gasteiger partial charge in [0.25, 0.3) is 0 Å². The van der Waals surface area contributed by atoms with Gasteiger partial charge in [0.1, 0.15) is 0 Å². The molecule has 0 aliphatic carbocycles. The fourth-order valence-corrected chi connectivity index (χ4v) is 3.19. The molecule has 0 bridgehead atoms. The smallest absolute Gasteiger partial charge is 0.185 e. The quantitative estimate of drug-likeness (QED) is 0.630. The Morgan fingerprint density at radius 3 is 2.00 bits per heavy atom. The number of rotatable bonds is 8. The SMILES string of the molecule is CCOP(C)(=S)OCCN(C(C)C)C(C)C. The van der Waals surface area contributed by atoms with Gasteiger partial charge in [-0.15, -0.1) is 0 Å². The molecule has 0 amide bonds. The minimum absolute atomic E-state index is 0.533. The van der Waals surface area contributed by atoms with Gasteiger partial charge in [0.05, 0.1) is 13.2 Å². The molecule has 0 heterocycles. The highest BCUT2D eigenvalue weighted by Gasteiger charge is 2.15. The van der Waals surface area contributed by atoms with Crippen molar-refractivity contribution < 1.29 is 9.05 Å². The van der Waals surface area contributed by atoms with E-state index < -0.39 is 6.49 Å². The van der Waals surface area contributed by atoms with Crippen molar-refractivity contribution >= 4 is 18.3 Å². The van der Waals surface area contributed by atoms with Crippen LogP contribution in [0.5, 0.6) is 0 Å². The molecule has 5 heteroatoms. The van der Waals surface area contributed by atoms with E-state index in [2.05, 4.69) is 32.6 Å². The van der Waals surface area contributed by atoms with Crippen LogP contribution in [0.25, 0.3) is 0 Å². The highest BCUT2D eigenvalue weighted by molar-refractivity contribution is 8.09. The molecular weight excluding hydrogens is 241 g/mol. The molecule has 0 aromatic heterocycles. The summed E-state index contributed by atoms with van der Waals surface area (Å²) in [5, 5.41) is 0. The second kappa shape index (κ2) is 7.78. The van der Waals surface area contributed by atoms with Crippen molar-refractivity contribution in [2.45, 2.75) is 46.7 Å². The predicted octanol–water partition coefficient (Wildman–Crippen LogP) is 3.10. The number of nitrogens with zero attached hydrogens (tertiary/aromatic N) is 1. The van der Waals surface area contributed by atoms with E-state index in [1.807, 2.05) is 13.6 Å². The van der Waals surface area contributed by atoms with Crippen molar-refractivity contribution in [3.05, 3.63) is 0 Å². The van der Waals surface area contributed by atoms with Crippen LogP contribution >= 0.6 is 6.49 Å². The van der Waals surface area contributed by atoms with Crippen molar-refractivity contribution in [3.63, 3.8) is 0 Å². The molecule has 0 aliphatic rings. The third-order valence-corrected chi connectivity index (χ3v) is 4.38. The first kappa shape index (κ1) is 16.5. The molecule has 0 spiro atoms. The van der Waals surface area contributed by atoms with Crippen molar-refractivity contribution in [2.24, 2.45) is 0 Å². The van der Waals surface area contributed by atoms with Crippen LogP contribution in [-0.4, -0.2) is 43.4 Å². The Bertz CT molecular complexity index is 226. The normalized spacial score (nSPS) is 16.1. The Hall–Kier alpha value is 0.530. The minimum Gasteiger partial charge on any atom is -0.330 e. The van der Waals surface area contributed by atoms with Crippen LogP contribution in [-0.2, 0) is 20.9 Å². The highest BCUT2D eigenvalue weighted by atomic mass is 32.5. The van der Waals surface area contributed by atoms with Crippen LogP contribution in [0.15, 0.2) is 0 Å². The average molecular weight is 267 g/mol. The van der Waals surface area contributed by atoms with Gasteiger partial charge in [-0.25, -0.2) is 0 Å². The number of hydrogen-bond donors (Lipinski definition) is 0. The molecule has 0 radical (unpaired) electrons. The first-order chi connectivity index (χ1) is 7.30. The van der Waals surface area contributed by atoms with Crippen LogP contribution in [0, 0.1) is 0 Å². The maximum atomic E-state index is 5.66. The Kier molecular flexibility index (Phi) is 8.04. The molecule has 3 nitrogen and oxygen atoms in total. The van der Waals surface area contributed by atoms with Gasteiger partial charge in [-0.3, -0.25) is 4.90 Å². The topological polar surface area (TPSA) is 21.7 Å². The van der Waals surface area contributed by atoms with E-state index >= 15 is 0 Å². The summed E-state index contributed by atoms with van der Waals surface area (Å²) in [5.74, 6) is 0. The second-order valence-electron chi connectivity index (χ2n) is 4.45. The maximum Gasteiger partial charge on any atom is 0.185 e. The molecule has 0 saturated carbocycles. The lowest BCUT2D eigenvalue weighted by molar-refractivity contribution is 0.138. The molecule has 0 rings (SSSR count). The zero-order chi connectivity index (χ0) is 12.8. The fourth-order valence-electron chi connectivity index (χ4n) is 1.70. The minimum atomic E-state index is -2.00. The molecule has 0 N–H and O–H groups in total. The van der Waals surface area contributed by atoms with E-state index in [1.54, 1.807) is 0 Å². The summed E-state index contributed by atoms with van der Waals surface area (Å²) < 4.78 is 11.1. The summed E-state index contributed by atoms with van der Waals surface area (Å²) in [5.41, 5.74) is 0. The summed E-state index contributed by atoms with van der Waals surface area (Å²) in [6.07, 6.45) is 0. The summed E-state index contributed by atoms with van der Waals surface area (Å²) in [7, 11) is 0. The Labute approximate surface area is 106 Å². The molecule has 1 unspecified atom stereocenters. The number of hydrogen-bond acceptors (Lipinski definition) is 4. The lowest BCUT2D eigenvalue weighted by Gasteiger charge is -2.31.